The molecule has 0 aromatic heterocycles. The van der Waals surface area contributed by atoms with Crippen LogP contribution in [0.2, 0.25) is 0 Å². The zero-order valence-corrected chi connectivity index (χ0v) is 12.8. The van der Waals surface area contributed by atoms with Gasteiger partial charge in [-0.2, -0.15) is 0 Å². The van der Waals surface area contributed by atoms with E-state index in [0.29, 0.717) is 6.61 Å². The molecule has 1 aromatic rings. The third kappa shape index (κ3) is 2.78. The van der Waals surface area contributed by atoms with Crippen LogP contribution in [0.4, 0.5) is 0 Å². The van der Waals surface area contributed by atoms with Crippen molar-refractivity contribution < 1.29 is 29.2 Å². The van der Waals surface area contributed by atoms with Gasteiger partial charge in [0.2, 0.25) is 0 Å². The maximum atomic E-state index is 9.69. The topological polar surface area (TPSA) is 77.4 Å². The molecule has 0 radical (unpaired) electrons. The first-order chi connectivity index (χ1) is 10.5. The molecule has 0 saturated carbocycles. The molecule has 0 spiro atoms. The lowest BCUT2D eigenvalue weighted by Crippen LogP contribution is -2.52. The van der Waals surface area contributed by atoms with Crippen LogP contribution in [0.5, 0.6) is 0 Å². The lowest BCUT2D eigenvalue weighted by atomic mass is 9.97. The molecule has 122 valence electrons. The van der Waals surface area contributed by atoms with Crippen LogP contribution in [0.3, 0.4) is 0 Å². The Kier molecular flexibility index (Phi) is 4.24. The summed E-state index contributed by atoms with van der Waals surface area (Å²) in [6.45, 7) is 3.18. The van der Waals surface area contributed by atoms with Crippen LogP contribution >= 0.6 is 0 Å². The molecule has 6 heteroatoms. The third-order valence-electron chi connectivity index (χ3n) is 4.06. The molecule has 6 nitrogen and oxygen atoms in total. The predicted molar refractivity (Wildman–Crippen MR) is 76.8 cm³/mol. The summed E-state index contributed by atoms with van der Waals surface area (Å²) in [7, 11) is 0. The first-order valence-electron chi connectivity index (χ1n) is 7.40. The van der Waals surface area contributed by atoms with Crippen LogP contribution in [0.25, 0.3) is 0 Å². The summed E-state index contributed by atoms with van der Waals surface area (Å²) in [5, 5.41) is 19.4. The molecule has 2 heterocycles. The van der Waals surface area contributed by atoms with Crippen molar-refractivity contribution in [2.75, 3.05) is 13.2 Å². The fraction of sp³-hybridized carbons (Fsp3) is 0.625. The Bertz CT molecular complexity index is 499. The van der Waals surface area contributed by atoms with Gasteiger partial charge in [-0.05, 0) is 19.4 Å². The van der Waals surface area contributed by atoms with Crippen molar-refractivity contribution >= 4 is 0 Å². The minimum absolute atomic E-state index is 0.337. The van der Waals surface area contributed by atoms with Gasteiger partial charge in [0.1, 0.15) is 17.8 Å². The SMILES string of the molecule is CC1(C)O[C@@H]2OC(CO)(CO)[C@@H](OCc3ccccc3)[C@@H]2O1. The number of benzene rings is 1. The van der Waals surface area contributed by atoms with E-state index in [1.165, 1.54) is 0 Å². The molecule has 2 aliphatic rings. The Morgan fingerprint density at radius 2 is 1.73 bits per heavy atom. The Labute approximate surface area is 129 Å². The van der Waals surface area contributed by atoms with E-state index >= 15 is 0 Å². The maximum Gasteiger partial charge on any atom is 0.190 e. The van der Waals surface area contributed by atoms with Gasteiger partial charge in [0.25, 0.3) is 0 Å². The summed E-state index contributed by atoms with van der Waals surface area (Å²) >= 11 is 0. The first-order valence-corrected chi connectivity index (χ1v) is 7.40. The monoisotopic (exact) mass is 310 g/mol. The summed E-state index contributed by atoms with van der Waals surface area (Å²) in [5.74, 6) is -0.777. The van der Waals surface area contributed by atoms with Gasteiger partial charge < -0.3 is 29.2 Å². The molecule has 0 amide bonds. The number of rotatable bonds is 5. The normalized spacial score (nSPS) is 32.1. The second-order valence-corrected chi connectivity index (χ2v) is 6.18. The minimum Gasteiger partial charge on any atom is -0.393 e. The highest BCUT2D eigenvalue weighted by Crippen LogP contribution is 2.43. The largest absolute Gasteiger partial charge is 0.393 e. The molecule has 2 N–H and O–H groups in total. The first kappa shape index (κ1) is 15.9. The standard InChI is InChI=1S/C16H22O6/c1-15(2)20-12-13(19-8-11-6-4-3-5-7-11)16(9-17,10-18)22-14(12)21-15/h3-7,12-14,17-18H,8-10H2,1-2H3/t12-,13-,14+/m0/s1. The molecular formula is C16H22O6. The van der Waals surface area contributed by atoms with E-state index in [9.17, 15) is 10.2 Å². The average Bonchev–Trinajstić information content (AvgIpc) is 2.95. The highest BCUT2D eigenvalue weighted by molar-refractivity contribution is 5.14. The number of fused-ring (bicyclic) bond motifs is 1. The predicted octanol–water partition coefficient (Wildman–Crippen LogP) is 0.803. The van der Waals surface area contributed by atoms with Crippen LogP contribution in [0, 0.1) is 0 Å². The van der Waals surface area contributed by atoms with Gasteiger partial charge in [0, 0.05) is 0 Å². The molecule has 2 saturated heterocycles. The molecule has 22 heavy (non-hydrogen) atoms. The summed E-state index contributed by atoms with van der Waals surface area (Å²) < 4.78 is 23.2. The van der Waals surface area contributed by atoms with Crippen molar-refractivity contribution in [2.45, 2.75) is 50.3 Å². The van der Waals surface area contributed by atoms with Gasteiger partial charge in [-0.1, -0.05) is 30.3 Å². The van der Waals surface area contributed by atoms with Crippen LogP contribution < -0.4 is 0 Å². The number of hydrogen-bond donors (Lipinski definition) is 2. The van der Waals surface area contributed by atoms with Crippen LogP contribution in [0.1, 0.15) is 19.4 Å². The number of aliphatic hydroxyl groups is 2. The van der Waals surface area contributed by atoms with Crippen molar-refractivity contribution in [2.24, 2.45) is 0 Å². The summed E-state index contributed by atoms with van der Waals surface area (Å²) in [6.07, 6.45) is -1.76. The van der Waals surface area contributed by atoms with Crippen molar-refractivity contribution in [1.82, 2.24) is 0 Å². The van der Waals surface area contributed by atoms with Crippen LogP contribution in [-0.4, -0.2) is 53.3 Å². The Balaban J connectivity index is 1.77. The van der Waals surface area contributed by atoms with Gasteiger partial charge >= 0.3 is 0 Å². The fourth-order valence-electron chi connectivity index (χ4n) is 2.96. The quantitative estimate of drug-likeness (QED) is 0.838. The lowest BCUT2D eigenvalue weighted by Gasteiger charge is -2.33. The lowest BCUT2D eigenvalue weighted by molar-refractivity contribution is -0.258. The molecule has 0 bridgehead atoms. The van der Waals surface area contributed by atoms with Crippen LogP contribution in [0.15, 0.2) is 30.3 Å². The minimum atomic E-state index is -1.22. The Morgan fingerprint density at radius 1 is 1.05 bits per heavy atom. The van der Waals surface area contributed by atoms with E-state index in [0.717, 1.165) is 5.56 Å². The summed E-state index contributed by atoms with van der Waals surface area (Å²) in [6, 6.07) is 9.68. The number of aliphatic hydroxyl groups excluding tert-OH is 2. The molecule has 0 aliphatic carbocycles. The highest BCUT2D eigenvalue weighted by Gasteiger charge is 2.62. The van der Waals surface area contributed by atoms with Crippen molar-refractivity contribution in [3.8, 4) is 0 Å². The summed E-state index contributed by atoms with van der Waals surface area (Å²) in [5.41, 5.74) is -0.227. The Hall–Kier alpha value is -1.02. The molecule has 0 unspecified atom stereocenters. The van der Waals surface area contributed by atoms with Crippen molar-refractivity contribution in [3.05, 3.63) is 35.9 Å². The molecular weight excluding hydrogens is 288 g/mol. The van der Waals surface area contributed by atoms with Gasteiger partial charge in [-0.3, -0.25) is 0 Å². The van der Waals surface area contributed by atoms with Crippen LogP contribution in [-0.2, 0) is 25.6 Å². The highest BCUT2D eigenvalue weighted by atomic mass is 16.8. The third-order valence-corrected chi connectivity index (χ3v) is 4.06. The Morgan fingerprint density at radius 3 is 2.36 bits per heavy atom. The number of hydrogen-bond acceptors (Lipinski definition) is 6. The average molecular weight is 310 g/mol. The van der Waals surface area contributed by atoms with E-state index in [1.54, 1.807) is 13.8 Å². The van der Waals surface area contributed by atoms with E-state index < -0.39 is 29.9 Å². The van der Waals surface area contributed by atoms with Gasteiger partial charge in [0.15, 0.2) is 12.1 Å². The van der Waals surface area contributed by atoms with Crippen molar-refractivity contribution in [3.63, 3.8) is 0 Å². The fourth-order valence-corrected chi connectivity index (χ4v) is 2.96. The van der Waals surface area contributed by atoms with Gasteiger partial charge in [-0.25, -0.2) is 0 Å². The number of ether oxygens (including phenoxy) is 4. The smallest absolute Gasteiger partial charge is 0.190 e. The molecule has 3 rings (SSSR count). The molecule has 1 aromatic carbocycles. The van der Waals surface area contributed by atoms with E-state index in [1.807, 2.05) is 30.3 Å². The molecule has 2 aliphatic heterocycles. The summed E-state index contributed by atoms with van der Waals surface area (Å²) in [4.78, 5) is 0. The zero-order valence-electron chi connectivity index (χ0n) is 12.8. The van der Waals surface area contributed by atoms with E-state index in [-0.39, 0.29) is 13.2 Å². The van der Waals surface area contributed by atoms with E-state index in [4.69, 9.17) is 18.9 Å². The second-order valence-electron chi connectivity index (χ2n) is 6.18. The zero-order chi connectivity index (χ0) is 15.8. The molecule has 3 atom stereocenters. The van der Waals surface area contributed by atoms with Crippen molar-refractivity contribution in [1.29, 1.82) is 0 Å². The molecule has 2 fully saturated rings. The maximum absolute atomic E-state index is 9.69. The van der Waals surface area contributed by atoms with E-state index in [2.05, 4.69) is 0 Å². The van der Waals surface area contributed by atoms with Gasteiger partial charge in [0.05, 0.1) is 19.8 Å². The second kappa shape index (κ2) is 5.88. The van der Waals surface area contributed by atoms with Gasteiger partial charge in [-0.15, -0.1) is 0 Å².